The summed E-state index contributed by atoms with van der Waals surface area (Å²) in [6, 6.07) is 26.1. The van der Waals surface area contributed by atoms with Crippen molar-refractivity contribution in [2.24, 2.45) is 0 Å². The smallest absolute Gasteiger partial charge is 0.253 e. The second-order valence-electron chi connectivity index (χ2n) is 8.37. The minimum Gasteiger partial charge on any atom is -0.490 e. The molecule has 1 heterocycles. The molecular weight excluding hydrogens is 384 g/mol. The first kappa shape index (κ1) is 21.1. The van der Waals surface area contributed by atoms with Gasteiger partial charge in [-0.2, -0.15) is 0 Å². The number of carbonyl (C=O) groups is 1. The first-order chi connectivity index (χ1) is 15.1. The van der Waals surface area contributed by atoms with Crippen LogP contribution in [-0.2, 0) is 6.54 Å². The van der Waals surface area contributed by atoms with Crippen LogP contribution in [0.5, 0.6) is 5.75 Å². The van der Waals surface area contributed by atoms with E-state index in [1.165, 1.54) is 0 Å². The Morgan fingerprint density at radius 1 is 0.935 bits per heavy atom. The third-order valence-electron chi connectivity index (χ3n) is 5.87. The minimum absolute atomic E-state index is 0.0150. The molecule has 0 atom stereocenters. The molecule has 0 aliphatic carbocycles. The molecule has 1 saturated heterocycles. The first-order valence-corrected chi connectivity index (χ1v) is 10.9. The zero-order valence-corrected chi connectivity index (χ0v) is 18.3. The lowest BCUT2D eigenvalue weighted by atomic mass is 10.0. The Labute approximate surface area is 185 Å². The molecule has 0 N–H and O–H groups in total. The normalized spacial score (nSPS) is 14.9. The van der Waals surface area contributed by atoms with Crippen LogP contribution in [0.1, 0.15) is 28.8 Å². The molecule has 0 spiro atoms. The Kier molecular flexibility index (Phi) is 6.68. The highest BCUT2D eigenvalue weighted by Gasteiger charge is 2.18. The quantitative estimate of drug-likeness (QED) is 0.563. The number of likely N-dealkylation sites (tertiary alicyclic amines) is 1. The Morgan fingerprint density at radius 2 is 1.61 bits per heavy atom. The van der Waals surface area contributed by atoms with Gasteiger partial charge in [0.15, 0.2) is 0 Å². The highest BCUT2D eigenvalue weighted by Crippen LogP contribution is 2.22. The van der Waals surface area contributed by atoms with Crippen LogP contribution in [0.4, 0.5) is 0 Å². The molecule has 0 bridgehead atoms. The lowest BCUT2D eigenvalue weighted by Crippen LogP contribution is -2.35. The van der Waals surface area contributed by atoms with Crippen molar-refractivity contribution in [3.63, 3.8) is 0 Å². The number of rotatable bonds is 6. The number of ether oxygens (including phenoxy) is 1. The summed E-state index contributed by atoms with van der Waals surface area (Å²) in [7, 11) is 4.00. The Hall–Kier alpha value is -3.11. The van der Waals surface area contributed by atoms with Gasteiger partial charge in [-0.15, -0.1) is 0 Å². The molecule has 1 aliphatic rings. The van der Waals surface area contributed by atoms with E-state index in [2.05, 4.69) is 30.1 Å². The van der Waals surface area contributed by atoms with Gasteiger partial charge in [0.1, 0.15) is 11.9 Å². The van der Waals surface area contributed by atoms with E-state index in [0.717, 1.165) is 48.4 Å². The van der Waals surface area contributed by atoms with Gasteiger partial charge in [0.25, 0.3) is 5.91 Å². The summed E-state index contributed by atoms with van der Waals surface area (Å²) in [5, 5.41) is 0. The summed E-state index contributed by atoms with van der Waals surface area (Å²) in [6.07, 6.45) is 2.38. The molecule has 3 aromatic carbocycles. The maximum Gasteiger partial charge on any atom is 0.253 e. The van der Waals surface area contributed by atoms with E-state index in [1.807, 2.05) is 67.7 Å². The van der Waals surface area contributed by atoms with Crippen molar-refractivity contribution in [2.45, 2.75) is 25.5 Å². The van der Waals surface area contributed by atoms with Gasteiger partial charge in [-0.1, -0.05) is 54.6 Å². The van der Waals surface area contributed by atoms with E-state index in [9.17, 15) is 4.79 Å². The molecule has 4 heteroatoms. The van der Waals surface area contributed by atoms with Gasteiger partial charge < -0.3 is 14.5 Å². The van der Waals surface area contributed by atoms with Crippen molar-refractivity contribution in [1.82, 2.24) is 9.80 Å². The Balaban J connectivity index is 1.37. The maximum atomic E-state index is 12.9. The van der Waals surface area contributed by atoms with E-state index < -0.39 is 0 Å². The van der Waals surface area contributed by atoms with Crippen LogP contribution >= 0.6 is 0 Å². The third kappa shape index (κ3) is 5.53. The van der Waals surface area contributed by atoms with Crippen molar-refractivity contribution in [3.05, 3.63) is 90.0 Å². The van der Waals surface area contributed by atoms with E-state index in [-0.39, 0.29) is 12.0 Å². The largest absolute Gasteiger partial charge is 0.490 e. The summed E-state index contributed by atoms with van der Waals surface area (Å²) < 4.78 is 6.20. The van der Waals surface area contributed by atoms with Crippen LogP contribution in [0.2, 0.25) is 0 Å². The second kappa shape index (κ2) is 9.80. The number of carbonyl (C=O) groups excluding carboxylic acids is 1. The summed E-state index contributed by atoms with van der Waals surface area (Å²) in [6.45, 7) is 2.69. The van der Waals surface area contributed by atoms with E-state index >= 15 is 0 Å². The predicted octanol–water partition coefficient (Wildman–Crippen LogP) is 5.10. The Morgan fingerprint density at radius 3 is 2.32 bits per heavy atom. The lowest BCUT2D eigenvalue weighted by molar-refractivity contribution is 0.0784. The molecule has 160 valence electrons. The predicted molar refractivity (Wildman–Crippen MR) is 125 cm³/mol. The van der Waals surface area contributed by atoms with E-state index in [1.54, 1.807) is 4.90 Å². The zero-order valence-electron chi connectivity index (χ0n) is 18.3. The number of benzene rings is 3. The standard InChI is InChI=1S/C27H30N2O2/c1-28-17-15-25(16-18-28)31-26-10-6-7-21(19-26)20-29(2)27(30)24-13-11-23(12-14-24)22-8-4-3-5-9-22/h3-14,19,25H,15-18,20H2,1-2H3. The minimum atomic E-state index is 0.0150. The fourth-order valence-corrected chi connectivity index (χ4v) is 4.01. The molecule has 4 rings (SSSR count). The molecule has 0 unspecified atom stereocenters. The van der Waals surface area contributed by atoms with Crippen LogP contribution in [-0.4, -0.2) is 49.0 Å². The molecule has 0 aromatic heterocycles. The van der Waals surface area contributed by atoms with Crippen LogP contribution in [0.3, 0.4) is 0 Å². The van der Waals surface area contributed by atoms with E-state index in [4.69, 9.17) is 4.74 Å². The van der Waals surface area contributed by atoms with Crippen molar-refractivity contribution in [1.29, 1.82) is 0 Å². The molecular formula is C27H30N2O2. The van der Waals surface area contributed by atoms with Gasteiger partial charge in [-0.05, 0) is 60.8 Å². The molecule has 0 radical (unpaired) electrons. The summed E-state index contributed by atoms with van der Waals surface area (Å²) in [4.78, 5) is 17.0. The topological polar surface area (TPSA) is 32.8 Å². The highest BCUT2D eigenvalue weighted by molar-refractivity contribution is 5.94. The molecule has 1 fully saturated rings. The molecule has 1 amide bonds. The van der Waals surface area contributed by atoms with Gasteiger partial charge >= 0.3 is 0 Å². The second-order valence-corrected chi connectivity index (χ2v) is 8.37. The monoisotopic (exact) mass is 414 g/mol. The van der Waals surface area contributed by atoms with E-state index in [0.29, 0.717) is 12.1 Å². The average Bonchev–Trinajstić information content (AvgIpc) is 2.81. The molecule has 1 aliphatic heterocycles. The fraction of sp³-hybridized carbons (Fsp3) is 0.296. The van der Waals surface area contributed by atoms with Crippen LogP contribution in [0, 0.1) is 0 Å². The number of hydrogen-bond acceptors (Lipinski definition) is 3. The average molecular weight is 415 g/mol. The number of amides is 1. The fourth-order valence-electron chi connectivity index (χ4n) is 4.01. The zero-order chi connectivity index (χ0) is 21.6. The third-order valence-corrected chi connectivity index (χ3v) is 5.87. The van der Waals surface area contributed by atoms with Gasteiger partial charge in [0.05, 0.1) is 0 Å². The van der Waals surface area contributed by atoms with Gasteiger partial charge in [0, 0.05) is 32.2 Å². The number of hydrogen-bond donors (Lipinski definition) is 0. The SMILES string of the molecule is CN1CCC(Oc2cccc(CN(C)C(=O)c3ccc(-c4ccccc4)cc3)c2)CC1. The summed E-state index contributed by atoms with van der Waals surface area (Å²) in [5.74, 6) is 0.904. The number of piperidine rings is 1. The van der Waals surface area contributed by atoms with Gasteiger partial charge in [0.2, 0.25) is 0 Å². The lowest BCUT2D eigenvalue weighted by Gasteiger charge is -2.29. The van der Waals surface area contributed by atoms with Gasteiger partial charge in [-0.25, -0.2) is 0 Å². The molecule has 3 aromatic rings. The molecule has 4 nitrogen and oxygen atoms in total. The van der Waals surface area contributed by atoms with Crippen molar-refractivity contribution >= 4 is 5.91 Å². The van der Waals surface area contributed by atoms with Crippen LogP contribution in [0.25, 0.3) is 11.1 Å². The molecule has 0 saturated carbocycles. The molecule has 31 heavy (non-hydrogen) atoms. The highest BCUT2D eigenvalue weighted by atomic mass is 16.5. The summed E-state index contributed by atoms with van der Waals surface area (Å²) >= 11 is 0. The maximum absolute atomic E-state index is 12.9. The van der Waals surface area contributed by atoms with Gasteiger partial charge in [-0.3, -0.25) is 4.79 Å². The van der Waals surface area contributed by atoms with Crippen molar-refractivity contribution in [3.8, 4) is 16.9 Å². The van der Waals surface area contributed by atoms with Crippen LogP contribution in [0.15, 0.2) is 78.9 Å². The first-order valence-electron chi connectivity index (χ1n) is 10.9. The Bertz CT molecular complexity index is 993. The summed E-state index contributed by atoms with van der Waals surface area (Å²) in [5.41, 5.74) is 4.03. The van der Waals surface area contributed by atoms with Crippen LogP contribution < -0.4 is 4.74 Å². The van der Waals surface area contributed by atoms with Crippen molar-refractivity contribution < 1.29 is 9.53 Å². The van der Waals surface area contributed by atoms with Crippen molar-refractivity contribution in [2.75, 3.05) is 27.2 Å². The number of nitrogens with zero attached hydrogens (tertiary/aromatic N) is 2.